The van der Waals surface area contributed by atoms with Crippen molar-refractivity contribution in [2.24, 2.45) is 0 Å². The summed E-state index contributed by atoms with van der Waals surface area (Å²) in [6, 6.07) is 11.2. The van der Waals surface area contributed by atoms with Crippen molar-refractivity contribution in [1.29, 1.82) is 5.26 Å². The molecule has 17 heavy (non-hydrogen) atoms. The summed E-state index contributed by atoms with van der Waals surface area (Å²) < 4.78 is 5.25. The van der Waals surface area contributed by atoms with Gasteiger partial charge < -0.3 is 9.73 Å². The molecule has 1 aromatic carbocycles. The second kappa shape index (κ2) is 4.94. The van der Waals surface area contributed by atoms with Crippen LogP contribution in [0.25, 0.3) is 0 Å². The van der Waals surface area contributed by atoms with E-state index in [1.54, 1.807) is 12.1 Å². The van der Waals surface area contributed by atoms with Crippen LogP contribution in [-0.2, 0) is 6.54 Å². The van der Waals surface area contributed by atoms with Crippen molar-refractivity contribution in [2.75, 3.05) is 5.32 Å². The molecule has 0 aliphatic rings. The van der Waals surface area contributed by atoms with Crippen LogP contribution in [0.2, 0.25) is 5.02 Å². The number of furan rings is 1. The van der Waals surface area contributed by atoms with Crippen LogP contribution in [0.1, 0.15) is 17.1 Å². The van der Waals surface area contributed by atoms with Crippen LogP contribution in [0.5, 0.6) is 0 Å². The summed E-state index contributed by atoms with van der Waals surface area (Å²) in [6.45, 7) is 2.49. The van der Waals surface area contributed by atoms with Gasteiger partial charge >= 0.3 is 0 Å². The van der Waals surface area contributed by atoms with Gasteiger partial charge in [0.15, 0.2) is 0 Å². The van der Waals surface area contributed by atoms with Gasteiger partial charge in [-0.25, -0.2) is 0 Å². The minimum absolute atomic E-state index is 0.316. The maximum Gasteiger partial charge on any atom is 0.203 e. The third-order valence-corrected chi connectivity index (χ3v) is 2.66. The number of nitriles is 1. The summed E-state index contributed by atoms with van der Waals surface area (Å²) in [6.07, 6.45) is 0. The van der Waals surface area contributed by atoms with Gasteiger partial charge in [-0.15, -0.1) is 0 Å². The Balaban J connectivity index is 2.05. The zero-order valence-electron chi connectivity index (χ0n) is 9.33. The van der Waals surface area contributed by atoms with Crippen molar-refractivity contribution in [3.63, 3.8) is 0 Å². The smallest absolute Gasteiger partial charge is 0.203 e. The molecule has 0 fully saturated rings. The van der Waals surface area contributed by atoms with Gasteiger partial charge in [-0.2, -0.15) is 5.26 Å². The highest BCUT2D eigenvalue weighted by Gasteiger charge is 2.03. The number of benzene rings is 1. The number of rotatable bonds is 3. The SMILES string of the molecule is Cc1ccc(NCc2ccc(C#N)o2)c(Cl)c1. The first-order valence-corrected chi connectivity index (χ1v) is 5.55. The van der Waals surface area contributed by atoms with Crippen molar-refractivity contribution in [1.82, 2.24) is 0 Å². The van der Waals surface area contributed by atoms with Crippen LogP contribution in [-0.4, -0.2) is 0 Å². The molecule has 0 spiro atoms. The maximum absolute atomic E-state index is 8.63. The predicted molar refractivity (Wildman–Crippen MR) is 66.9 cm³/mol. The lowest BCUT2D eigenvalue weighted by molar-refractivity contribution is 0.506. The van der Waals surface area contributed by atoms with E-state index in [-0.39, 0.29) is 0 Å². The van der Waals surface area contributed by atoms with Crippen LogP contribution in [0.4, 0.5) is 5.69 Å². The summed E-state index contributed by atoms with van der Waals surface area (Å²) in [5, 5.41) is 12.5. The first-order valence-electron chi connectivity index (χ1n) is 5.18. The van der Waals surface area contributed by atoms with Crippen molar-refractivity contribution < 1.29 is 4.42 Å². The number of aryl methyl sites for hydroxylation is 1. The molecule has 1 N–H and O–H groups in total. The van der Waals surface area contributed by atoms with Gasteiger partial charge in [0.25, 0.3) is 0 Å². The van der Waals surface area contributed by atoms with E-state index in [1.807, 2.05) is 31.2 Å². The summed E-state index contributed by atoms with van der Waals surface area (Å²) in [4.78, 5) is 0. The lowest BCUT2D eigenvalue weighted by Gasteiger charge is -2.07. The Bertz CT molecular complexity index is 569. The van der Waals surface area contributed by atoms with Gasteiger partial charge in [0, 0.05) is 0 Å². The molecule has 3 nitrogen and oxygen atoms in total. The highest BCUT2D eigenvalue weighted by molar-refractivity contribution is 6.33. The van der Waals surface area contributed by atoms with E-state index in [4.69, 9.17) is 21.3 Å². The van der Waals surface area contributed by atoms with Gasteiger partial charge in [-0.05, 0) is 36.8 Å². The second-order valence-corrected chi connectivity index (χ2v) is 4.12. The van der Waals surface area contributed by atoms with E-state index >= 15 is 0 Å². The predicted octanol–water partition coefficient (Wildman–Crippen LogP) is 3.73. The molecule has 4 heteroatoms. The molecule has 0 saturated carbocycles. The third kappa shape index (κ3) is 2.80. The van der Waals surface area contributed by atoms with Crippen LogP contribution in [0.3, 0.4) is 0 Å². The lowest BCUT2D eigenvalue weighted by Crippen LogP contribution is -1.98. The number of hydrogen-bond acceptors (Lipinski definition) is 3. The number of hydrogen-bond donors (Lipinski definition) is 1. The molecule has 1 aromatic heterocycles. The van der Waals surface area contributed by atoms with Crippen LogP contribution in [0, 0.1) is 18.3 Å². The molecule has 0 aliphatic heterocycles. The minimum atomic E-state index is 0.316. The fourth-order valence-electron chi connectivity index (χ4n) is 1.48. The van der Waals surface area contributed by atoms with E-state index < -0.39 is 0 Å². The molecule has 0 atom stereocenters. The molecule has 1 heterocycles. The van der Waals surface area contributed by atoms with Crippen molar-refractivity contribution >= 4 is 17.3 Å². The monoisotopic (exact) mass is 246 g/mol. The Kier molecular flexibility index (Phi) is 3.36. The van der Waals surface area contributed by atoms with E-state index in [1.165, 1.54) is 0 Å². The van der Waals surface area contributed by atoms with Gasteiger partial charge in [-0.1, -0.05) is 17.7 Å². The molecule has 2 rings (SSSR count). The lowest BCUT2D eigenvalue weighted by atomic mass is 10.2. The maximum atomic E-state index is 8.63. The summed E-state index contributed by atoms with van der Waals surface area (Å²) in [5.41, 5.74) is 1.97. The Morgan fingerprint density at radius 3 is 2.82 bits per heavy atom. The zero-order valence-corrected chi connectivity index (χ0v) is 10.1. The largest absolute Gasteiger partial charge is 0.449 e. The Labute approximate surface area is 105 Å². The first-order chi connectivity index (χ1) is 8.19. The number of anilines is 1. The Morgan fingerprint density at radius 2 is 2.18 bits per heavy atom. The molecule has 0 aliphatic carbocycles. The molecular weight excluding hydrogens is 236 g/mol. The van der Waals surface area contributed by atoms with Gasteiger partial charge in [-0.3, -0.25) is 0 Å². The highest BCUT2D eigenvalue weighted by atomic mass is 35.5. The average Bonchev–Trinajstić information content (AvgIpc) is 2.76. The average molecular weight is 247 g/mol. The summed E-state index contributed by atoms with van der Waals surface area (Å²) >= 11 is 6.08. The fourth-order valence-corrected chi connectivity index (χ4v) is 1.78. The number of halogens is 1. The molecule has 86 valence electrons. The topological polar surface area (TPSA) is 49.0 Å². The van der Waals surface area contributed by atoms with Crippen LogP contribution in [0.15, 0.2) is 34.7 Å². The fraction of sp³-hybridized carbons (Fsp3) is 0.154. The van der Waals surface area contributed by atoms with Crippen LogP contribution >= 0.6 is 11.6 Å². The van der Waals surface area contributed by atoms with E-state index in [2.05, 4.69) is 5.32 Å². The highest BCUT2D eigenvalue weighted by Crippen LogP contribution is 2.23. The van der Waals surface area contributed by atoms with Gasteiger partial charge in [0.05, 0.1) is 17.3 Å². The minimum Gasteiger partial charge on any atom is -0.449 e. The van der Waals surface area contributed by atoms with Gasteiger partial charge in [0.1, 0.15) is 11.8 Å². The third-order valence-electron chi connectivity index (χ3n) is 2.35. The molecular formula is C13H11ClN2O. The second-order valence-electron chi connectivity index (χ2n) is 3.71. The van der Waals surface area contributed by atoms with Crippen molar-refractivity contribution in [3.8, 4) is 6.07 Å². The van der Waals surface area contributed by atoms with E-state index in [0.717, 1.165) is 11.3 Å². The van der Waals surface area contributed by atoms with E-state index in [0.29, 0.717) is 23.1 Å². The molecule has 0 bridgehead atoms. The van der Waals surface area contributed by atoms with Gasteiger partial charge in [0.2, 0.25) is 5.76 Å². The Hall–Kier alpha value is -1.92. The standard InChI is InChI=1S/C13H11ClN2O/c1-9-2-5-13(12(14)6-9)16-8-11-4-3-10(7-15)17-11/h2-6,16H,8H2,1H3. The quantitative estimate of drug-likeness (QED) is 0.898. The van der Waals surface area contributed by atoms with Crippen molar-refractivity contribution in [3.05, 3.63) is 52.4 Å². The zero-order chi connectivity index (χ0) is 12.3. The number of nitrogens with zero attached hydrogens (tertiary/aromatic N) is 1. The van der Waals surface area contributed by atoms with Crippen LogP contribution < -0.4 is 5.32 Å². The molecule has 0 unspecified atom stereocenters. The summed E-state index contributed by atoms with van der Waals surface area (Å²) in [5.74, 6) is 1.02. The molecule has 0 amide bonds. The van der Waals surface area contributed by atoms with Crippen molar-refractivity contribution in [2.45, 2.75) is 13.5 Å². The van der Waals surface area contributed by atoms with E-state index in [9.17, 15) is 0 Å². The first kappa shape index (κ1) is 11.6. The molecule has 2 aromatic rings. The molecule has 0 saturated heterocycles. The number of nitrogens with one attached hydrogen (secondary N) is 1. The molecule has 0 radical (unpaired) electrons. The summed E-state index contributed by atoms with van der Waals surface area (Å²) in [7, 11) is 0. The normalized spacial score (nSPS) is 9.94. The Morgan fingerprint density at radius 1 is 1.35 bits per heavy atom.